The number of fused-ring (bicyclic) bond motifs is 2. The summed E-state index contributed by atoms with van der Waals surface area (Å²) in [6.07, 6.45) is 10.2. The first kappa shape index (κ1) is 46.7. The lowest BCUT2D eigenvalue weighted by Gasteiger charge is -2.43. The summed E-state index contributed by atoms with van der Waals surface area (Å²) in [5.74, 6) is 0.999. The number of hydrogen-bond donors (Lipinski definition) is 0. The lowest BCUT2D eigenvalue weighted by molar-refractivity contribution is -0.120. The number of likely N-dealkylation sites (N-methyl/N-ethyl adjacent to an activating group) is 2. The molecule has 2 aliphatic carbocycles. The van der Waals surface area contributed by atoms with E-state index in [9.17, 15) is 19.2 Å². The van der Waals surface area contributed by atoms with E-state index >= 15 is 0 Å². The molecule has 2 aromatic heterocycles. The van der Waals surface area contributed by atoms with Crippen LogP contribution in [0.1, 0.15) is 110 Å². The Balaban J connectivity index is 0.818. The van der Waals surface area contributed by atoms with Crippen LogP contribution < -0.4 is 19.6 Å². The van der Waals surface area contributed by atoms with Gasteiger partial charge in [-0.2, -0.15) is 0 Å². The van der Waals surface area contributed by atoms with E-state index in [0.29, 0.717) is 37.8 Å². The van der Waals surface area contributed by atoms with Crippen molar-refractivity contribution in [1.29, 1.82) is 0 Å². The Morgan fingerprint density at radius 1 is 0.534 bits per heavy atom. The molecule has 0 unspecified atom stereocenters. The van der Waals surface area contributed by atoms with Crippen LogP contribution in [-0.4, -0.2) is 127 Å². The molecule has 6 aliphatic rings. The van der Waals surface area contributed by atoms with E-state index in [0.717, 1.165) is 121 Å². The zero-order chi connectivity index (χ0) is 50.4. The molecule has 0 N–H and O–H groups in total. The van der Waals surface area contributed by atoms with E-state index in [4.69, 9.17) is 20.2 Å². The molecule has 6 aromatic rings. The Kier molecular flexibility index (Phi) is 11.5. The summed E-state index contributed by atoms with van der Waals surface area (Å²) < 4.78 is 3.54. The van der Waals surface area contributed by atoms with E-state index in [1.807, 2.05) is 124 Å². The molecule has 4 amide bonds. The minimum Gasteiger partial charge on any atom is -0.355 e. The number of hydrogen-bond acceptors (Lipinski definition) is 10. The van der Waals surface area contributed by atoms with Crippen molar-refractivity contribution in [2.45, 2.75) is 116 Å². The number of carbonyl (C=O) groups is 4. The molecule has 4 fully saturated rings. The zero-order valence-electron chi connectivity index (χ0n) is 42.8. The Hall–Kier alpha value is -7.36. The number of likely N-dealkylation sites (tertiary alicyclic amines) is 2. The number of rotatable bonds is 8. The predicted molar refractivity (Wildman–Crippen MR) is 282 cm³/mol. The first-order chi connectivity index (χ1) is 35.3. The molecule has 12 rings (SSSR count). The van der Waals surface area contributed by atoms with Gasteiger partial charge >= 0.3 is 0 Å². The summed E-state index contributed by atoms with van der Waals surface area (Å²) in [4.78, 5) is 78.2. The number of aryl methyl sites for hydroxylation is 2. The molecule has 1 spiro atoms. The van der Waals surface area contributed by atoms with Crippen molar-refractivity contribution in [3.05, 3.63) is 108 Å². The van der Waals surface area contributed by atoms with Crippen molar-refractivity contribution in [2.24, 2.45) is 5.41 Å². The molecule has 0 bridgehead atoms. The minimum absolute atomic E-state index is 0.0801. The second-order valence-corrected chi connectivity index (χ2v) is 21.7. The smallest absolute Gasteiger partial charge is 0.293 e. The van der Waals surface area contributed by atoms with E-state index in [1.54, 1.807) is 19.2 Å². The monoisotopic (exact) mass is 981 g/mol. The average Bonchev–Trinajstić information content (AvgIpc) is 4.28. The van der Waals surface area contributed by atoms with Gasteiger partial charge in [-0.15, -0.1) is 10.2 Å². The van der Waals surface area contributed by atoms with Crippen LogP contribution in [0.5, 0.6) is 0 Å². The van der Waals surface area contributed by atoms with Crippen LogP contribution in [0.25, 0.3) is 34.2 Å². The molecular formula is C57H64N12O4. The van der Waals surface area contributed by atoms with Crippen molar-refractivity contribution in [3.63, 3.8) is 0 Å². The molecule has 376 valence electrons. The summed E-state index contributed by atoms with van der Waals surface area (Å²) in [5.41, 5.74) is 8.82. The van der Waals surface area contributed by atoms with Gasteiger partial charge in [0.15, 0.2) is 11.6 Å². The zero-order valence-corrected chi connectivity index (χ0v) is 42.8. The number of nitrogens with zero attached hydrogens (tertiary/aromatic N) is 12. The van der Waals surface area contributed by atoms with E-state index in [2.05, 4.69) is 21.9 Å². The van der Waals surface area contributed by atoms with Crippen LogP contribution >= 0.6 is 0 Å². The van der Waals surface area contributed by atoms with Crippen molar-refractivity contribution in [3.8, 4) is 34.2 Å². The van der Waals surface area contributed by atoms with Gasteiger partial charge in [0, 0.05) is 68.9 Å². The number of benzene rings is 4. The van der Waals surface area contributed by atoms with Crippen LogP contribution in [0.2, 0.25) is 0 Å². The highest BCUT2D eigenvalue weighted by Crippen LogP contribution is 2.45. The quantitative estimate of drug-likeness (QED) is 0.146. The molecule has 4 aliphatic heterocycles. The van der Waals surface area contributed by atoms with Gasteiger partial charge in [0.1, 0.15) is 12.1 Å². The summed E-state index contributed by atoms with van der Waals surface area (Å²) in [5, 5.41) is 9.87. The number of carbonyl (C=O) groups excluding carboxylic acids is 4. The van der Waals surface area contributed by atoms with E-state index in [-0.39, 0.29) is 64.9 Å². The molecule has 2 saturated heterocycles. The third kappa shape index (κ3) is 7.95. The summed E-state index contributed by atoms with van der Waals surface area (Å²) in [6, 6.07) is 28.2. The maximum Gasteiger partial charge on any atom is 0.293 e. The van der Waals surface area contributed by atoms with Gasteiger partial charge in [0.2, 0.25) is 23.5 Å². The predicted octanol–water partition coefficient (Wildman–Crippen LogP) is 8.41. The number of anilines is 4. The lowest BCUT2D eigenvalue weighted by atomic mass is 9.86. The third-order valence-corrected chi connectivity index (χ3v) is 17.0. The molecule has 2 saturated carbocycles. The Morgan fingerprint density at radius 3 is 1.30 bits per heavy atom. The minimum atomic E-state index is -0.305. The molecule has 16 heteroatoms. The van der Waals surface area contributed by atoms with Crippen LogP contribution in [0.3, 0.4) is 0 Å². The summed E-state index contributed by atoms with van der Waals surface area (Å²) >= 11 is 0. The van der Waals surface area contributed by atoms with Gasteiger partial charge in [-0.1, -0.05) is 61.1 Å². The molecule has 4 aromatic carbocycles. The fourth-order valence-corrected chi connectivity index (χ4v) is 12.9. The maximum atomic E-state index is 14.7. The van der Waals surface area contributed by atoms with Crippen molar-refractivity contribution in [1.82, 2.24) is 39.3 Å². The van der Waals surface area contributed by atoms with Gasteiger partial charge < -0.3 is 29.4 Å². The highest BCUT2D eigenvalue weighted by molar-refractivity contribution is 6.07. The van der Waals surface area contributed by atoms with Crippen LogP contribution in [-0.2, 0) is 9.59 Å². The first-order valence-electron chi connectivity index (χ1n) is 26.3. The maximum absolute atomic E-state index is 14.7. The second-order valence-electron chi connectivity index (χ2n) is 21.7. The van der Waals surface area contributed by atoms with Crippen molar-refractivity contribution >= 4 is 46.4 Å². The molecule has 0 radical (unpaired) electrons. The second kappa shape index (κ2) is 18.0. The van der Waals surface area contributed by atoms with Gasteiger partial charge in [0.05, 0.1) is 34.1 Å². The van der Waals surface area contributed by atoms with Crippen molar-refractivity contribution < 1.29 is 19.2 Å². The summed E-state index contributed by atoms with van der Waals surface area (Å²) in [6.45, 7) is 10.0. The largest absolute Gasteiger partial charge is 0.355 e. The Morgan fingerprint density at radius 2 is 0.918 bits per heavy atom. The van der Waals surface area contributed by atoms with E-state index in [1.165, 1.54) is 0 Å². The normalized spacial score (nSPS) is 21.1. The van der Waals surface area contributed by atoms with Gasteiger partial charge in [0.25, 0.3) is 11.8 Å². The molecule has 6 heterocycles. The molecule has 73 heavy (non-hydrogen) atoms. The van der Waals surface area contributed by atoms with Gasteiger partial charge in [-0.25, -0.2) is 19.3 Å². The van der Waals surface area contributed by atoms with Gasteiger partial charge in [-0.3, -0.25) is 19.2 Å². The Bertz CT molecular complexity index is 2960. The highest BCUT2D eigenvalue weighted by atomic mass is 16.2. The van der Waals surface area contributed by atoms with Crippen LogP contribution in [0.15, 0.2) is 84.9 Å². The molecular weight excluding hydrogens is 917 g/mol. The SMILES string of the molecule is Cc1ccc(-n2nc(C(=O)N3CCC4(CCN(C(=O)c5nc(-c6ccc7c(c6)N(C6CCCC6)[C@H](C)C(=O)N7C)n(-c6ccc(C)cc6)n5)C4)C3)nc2-c2ccc3c(c2)N(C2CCCC2)[C@H](C)C(=O)N3C)cc1. The standard InChI is InChI=1S/C57H64N12O4/c1-35-15-21-43(22-16-35)68-51(39-19-25-45-47(31-39)66(41-11-7-8-12-41)37(3)53(70)62(45)5)58-49(60-68)55(72)64-29-27-57(33-64)28-30-65(34-57)56(73)50-59-52(69(61-50)44-23-17-36(2)18-24-44)40-20-26-46-48(32-40)67(42-13-9-10-14-42)38(4)54(71)63(46)6/h15-26,31-32,37-38,41-42H,7-14,27-30,33-34H2,1-6H3/t37-,38-,57?/m1/s1. The fourth-order valence-electron chi connectivity index (χ4n) is 12.9. The summed E-state index contributed by atoms with van der Waals surface area (Å²) in [7, 11) is 3.69. The van der Waals surface area contributed by atoms with Crippen LogP contribution in [0, 0.1) is 19.3 Å². The topological polar surface area (TPSA) is 149 Å². The lowest BCUT2D eigenvalue weighted by Crippen LogP contribution is -2.54. The van der Waals surface area contributed by atoms with Crippen molar-refractivity contribution in [2.75, 3.05) is 59.9 Å². The van der Waals surface area contributed by atoms with E-state index < -0.39 is 0 Å². The fraction of sp³-hybridized carbons (Fsp3) is 0.439. The first-order valence-corrected chi connectivity index (χ1v) is 26.3. The van der Waals surface area contributed by atoms with Crippen LogP contribution in [0.4, 0.5) is 22.7 Å². The number of amides is 4. The number of aromatic nitrogens is 6. The molecule has 16 nitrogen and oxygen atoms in total. The Labute approximate surface area is 426 Å². The third-order valence-electron chi connectivity index (χ3n) is 17.0. The van der Waals surface area contributed by atoms with Gasteiger partial charge in [-0.05, 0) is 127 Å². The average molecular weight is 981 g/mol. The molecule has 2 atom stereocenters. The highest BCUT2D eigenvalue weighted by Gasteiger charge is 2.48.